The van der Waals surface area contributed by atoms with E-state index in [4.69, 9.17) is 10.5 Å². The van der Waals surface area contributed by atoms with E-state index in [1.54, 1.807) is 11.3 Å². The zero-order chi connectivity index (χ0) is 9.10. The minimum absolute atomic E-state index is 0.198. The van der Waals surface area contributed by atoms with Gasteiger partial charge >= 0.3 is 0 Å². The summed E-state index contributed by atoms with van der Waals surface area (Å²) < 4.78 is 5.61. The molecule has 2 N–H and O–H groups in total. The Hall–Kier alpha value is -0.100. The van der Waals surface area contributed by atoms with Crippen molar-refractivity contribution in [1.82, 2.24) is 4.98 Å². The van der Waals surface area contributed by atoms with E-state index in [0.29, 0.717) is 6.54 Å². The Bertz CT molecular complexity index is 271. The zero-order valence-corrected chi connectivity index (χ0v) is 8.87. The number of thiazole rings is 1. The Kier molecular flexibility index (Phi) is 3.21. The fourth-order valence-corrected chi connectivity index (χ4v) is 3.00. The predicted molar refractivity (Wildman–Crippen MR) is 56.0 cm³/mol. The lowest BCUT2D eigenvalue weighted by molar-refractivity contribution is 0.0755. The molecular formula is C8H12N2OS2. The van der Waals surface area contributed by atoms with Crippen LogP contribution < -0.4 is 5.73 Å². The molecule has 1 aliphatic rings. The summed E-state index contributed by atoms with van der Waals surface area (Å²) >= 11 is 3.59. The molecule has 5 heteroatoms. The summed E-state index contributed by atoms with van der Waals surface area (Å²) in [7, 11) is 0. The van der Waals surface area contributed by atoms with Crippen LogP contribution in [0.25, 0.3) is 0 Å². The summed E-state index contributed by atoms with van der Waals surface area (Å²) in [6.07, 6.45) is 2.05. The van der Waals surface area contributed by atoms with Crippen LogP contribution in [-0.2, 0) is 11.3 Å². The van der Waals surface area contributed by atoms with Crippen LogP contribution in [-0.4, -0.2) is 23.1 Å². The van der Waals surface area contributed by atoms with Gasteiger partial charge in [0.15, 0.2) is 0 Å². The van der Waals surface area contributed by atoms with Crippen molar-refractivity contribution in [2.45, 2.75) is 12.6 Å². The largest absolute Gasteiger partial charge is 0.369 e. The molecule has 0 spiro atoms. The molecule has 2 heterocycles. The van der Waals surface area contributed by atoms with Gasteiger partial charge in [0.25, 0.3) is 0 Å². The first-order valence-electron chi connectivity index (χ1n) is 4.24. The molecule has 1 aromatic rings. The number of nitrogens with zero attached hydrogens (tertiary/aromatic N) is 1. The maximum atomic E-state index is 5.61. The molecule has 1 aromatic heterocycles. The first-order chi connectivity index (χ1) is 6.40. The predicted octanol–water partition coefficient (Wildman–Crippen LogP) is 1.41. The molecule has 0 bridgehead atoms. The fourth-order valence-electron chi connectivity index (χ4n) is 1.20. The van der Waals surface area contributed by atoms with Gasteiger partial charge in [-0.2, -0.15) is 11.8 Å². The van der Waals surface area contributed by atoms with Crippen LogP contribution in [0.5, 0.6) is 0 Å². The summed E-state index contributed by atoms with van der Waals surface area (Å²) in [6, 6.07) is 0. The van der Waals surface area contributed by atoms with E-state index in [1.807, 2.05) is 18.0 Å². The Morgan fingerprint density at radius 1 is 1.69 bits per heavy atom. The molecule has 0 radical (unpaired) electrons. The lowest BCUT2D eigenvalue weighted by Crippen LogP contribution is -2.15. The van der Waals surface area contributed by atoms with Crippen molar-refractivity contribution in [2.75, 3.05) is 18.1 Å². The third kappa shape index (κ3) is 2.22. The Morgan fingerprint density at radius 3 is 3.23 bits per heavy atom. The second kappa shape index (κ2) is 4.41. The lowest BCUT2D eigenvalue weighted by atomic mass is 10.4. The van der Waals surface area contributed by atoms with Gasteiger partial charge in [-0.15, -0.1) is 11.3 Å². The van der Waals surface area contributed by atoms with Gasteiger partial charge < -0.3 is 10.5 Å². The third-order valence-corrected chi connectivity index (χ3v) is 3.97. The standard InChI is InChI=1S/C8H12N2OS2/c9-3-6-4-10-8(13-6)7-5-12-2-1-11-7/h4,7H,1-3,5,9H2. The molecule has 1 saturated heterocycles. The van der Waals surface area contributed by atoms with E-state index in [1.165, 1.54) is 0 Å². The number of hydrogen-bond acceptors (Lipinski definition) is 5. The summed E-state index contributed by atoms with van der Waals surface area (Å²) in [5.74, 6) is 2.13. The van der Waals surface area contributed by atoms with Crippen LogP contribution in [0.3, 0.4) is 0 Å². The number of rotatable bonds is 2. The maximum Gasteiger partial charge on any atom is 0.123 e. The second-order valence-corrected chi connectivity index (χ2v) is 5.10. The normalized spacial score (nSPS) is 23.3. The number of ether oxygens (including phenoxy) is 1. The molecule has 0 amide bonds. The molecule has 1 atom stereocenters. The van der Waals surface area contributed by atoms with E-state index in [-0.39, 0.29) is 6.10 Å². The number of thioether (sulfide) groups is 1. The second-order valence-electron chi connectivity index (χ2n) is 2.80. The van der Waals surface area contributed by atoms with Gasteiger partial charge in [0.1, 0.15) is 11.1 Å². The van der Waals surface area contributed by atoms with Crippen molar-refractivity contribution in [3.8, 4) is 0 Å². The van der Waals surface area contributed by atoms with Gasteiger partial charge in [-0.1, -0.05) is 0 Å². The molecular weight excluding hydrogens is 204 g/mol. The minimum atomic E-state index is 0.198. The van der Waals surface area contributed by atoms with Crippen LogP contribution in [0.2, 0.25) is 0 Å². The highest BCUT2D eigenvalue weighted by Gasteiger charge is 2.19. The number of aromatic nitrogens is 1. The monoisotopic (exact) mass is 216 g/mol. The first kappa shape index (κ1) is 9.45. The third-order valence-electron chi connectivity index (χ3n) is 1.86. The molecule has 1 fully saturated rings. The van der Waals surface area contributed by atoms with Crippen LogP contribution in [0, 0.1) is 0 Å². The van der Waals surface area contributed by atoms with Crippen molar-refractivity contribution >= 4 is 23.1 Å². The van der Waals surface area contributed by atoms with Crippen LogP contribution in [0.1, 0.15) is 16.0 Å². The first-order valence-corrected chi connectivity index (χ1v) is 6.21. The number of hydrogen-bond donors (Lipinski definition) is 1. The van der Waals surface area contributed by atoms with Gasteiger partial charge in [0.05, 0.1) is 6.61 Å². The SMILES string of the molecule is NCc1cnc(C2CSCCO2)s1. The van der Waals surface area contributed by atoms with E-state index < -0.39 is 0 Å². The van der Waals surface area contributed by atoms with E-state index in [9.17, 15) is 0 Å². The molecule has 1 aliphatic heterocycles. The average Bonchev–Trinajstić information content (AvgIpc) is 2.67. The molecule has 72 valence electrons. The molecule has 0 saturated carbocycles. The molecule has 0 aliphatic carbocycles. The Balaban J connectivity index is 2.05. The molecule has 2 rings (SSSR count). The maximum absolute atomic E-state index is 5.61. The highest BCUT2D eigenvalue weighted by Crippen LogP contribution is 2.29. The Labute approximate surface area is 85.7 Å². The van der Waals surface area contributed by atoms with Gasteiger partial charge in [-0.05, 0) is 0 Å². The van der Waals surface area contributed by atoms with Gasteiger partial charge in [-0.25, -0.2) is 4.98 Å². The summed E-state index contributed by atoms with van der Waals surface area (Å²) in [5.41, 5.74) is 5.52. The minimum Gasteiger partial charge on any atom is -0.369 e. The van der Waals surface area contributed by atoms with Crippen molar-refractivity contribution in [1.29, 1.82) is 0 Å². The molecule has 0 aromatic carbocycles. The van der Waals surface area contributed by atoms with Crippen molar-refractivity contribution in [3.63, 3.8) is 0 Å². The van der Waals surface area contributed by atoms with Crippen LogP contribution in [0.15, 0.2) is 6.20 Å². The van der Waals surface area contributed by atoms with E-state index in [2.05, 4.69) is 4.98 Å². The van der Waals surface area contributed by atoms with Crippen molar-refractivity contribution in [2.24, 2.45) is 5.73 Å². The van der Waals surface area contributed by atoms with Crippen molar-refractivity contribution in [3.05, 3.63) is 16.1 Å². The molecule has 3 nitrogen and oxygen atoms in total. The van der Waals surface area contributed by atoms with Crippen molar-refractivity contribution < 1.29 is 4.74 Å². The topological polar surface area (TPSA) is 48.1 Å². The molecule has 13 heavy (non-hydrogen) atoms. The Morgan fingerprint density at radius 2 is 2.62 bits per heavy atom. The highest BCUT2D eigenvalue weighted by molar-refractivity contribution is 7.99. The average molecular weight is 216 g/mol. The van der Waals surface area contributed by atoms with Gasteiger partial charge in [0, 0.05) is 29.1 Å². The summed E-state index contributed by atoms with van der Waals surface area (Å²) in [6.45, 7) is 1.42. The quantitative estimate of drug-likeness (QED) is 0.812. The van der Waals surface area contributed by atoms with Gasteiger partial charge in [-0.3, -0.25) is 0 Å². The zero-order valence-electron chi connectivity index (χ0n) is 7.23. The van der Waals surface area contributed by atoms with E-state index >= 15 is 0 Å². The molecule has 1 unspecified atom stereocenters. The smallest absolute Gasteiger partial charge is 0.123 e. The summed E-state index contributed by atoms with van der Waals surface area (Å²) in [5, 5.41) is 1.08. The van der Waals surface area contributed by atoms with Crippen LogP contribution in [0.4, 0.5) is 0 Å². The van der Waals surface area contributed by atoms with E-state index in [0.717, 1.165) is 28.0 Å². The lowest BCUT2D eigenvalue weighted by Gasteiger charge is -2.19. The highest BCUT2D eigenvalue weighted by atomic mass is 32.2. The van der Waals surface area contributed by atoms with Gasteiger partial charge in [0.2, 0.25) is 0 Å². The fraction of sp³-hybridized carbons (Fsp3) is 0.625. The summed E-state index contributed by atoms with van der Waals surface area (Å²) in [4.78, 5) is 5.44. The number of nitrogens with two attached hydrogens (primary N) is 1. The van der Waals surface area contributed by atoms with Crippen LogP contribution >= 0.6 is 23.1 Å².